The Balaban J connectivity index is 2.78. The maximum absolute atomic E-state index is 5.44. The summed E-state index contributed by atoms with van der Waals surface area (Å²) in [6.45, 7) is 8.39. The average molecular weight is 201 g/mol. The van der Waals surface area contributed by atoms with E-state index < -0.39 is 0 Å². The van der Waals surface area contributed by atoms with Crippen molar-refractivity contribution in [3.8, 4) is 0 Å². The van der Waals surface area contributed by atoms with Crippen LogP contribution in [-0.4, -0.2) is 26.3 Å². The Hall–Kier alpha value is -0.0800. The van der Waals surface area contributed by atoms with Crippen LogP contribution in [-0.2, 0) is 4.74 Å². The van der Waals surface area contributed by atoms with Crippen molar-refractivity contribution in [3.63, 3.8) is 0 Å². The first-order chi connectivity index (χ1) is 6.91. The standard InChI is InChI=1S/C12H27NO/c1-3-5-7-8-9-13-10-12-14-11-6-4-2/h13H,3-12H2,1-2H3. The lowest BCUT2D eigenvalue weighted by molar-refractivity contribution is 0.133. The van der Waals surface area contributed by atoms with E-state index in [2.05, 4.69) is 19.2 Å². The van der Waals surface area contributed by atoms with Gasteiger partial charge in [0.2, 0.25) is 0 Å². The highest BCUT2D eigenvalue weighted by Gasteiger charge is 1.89. The van der Waals surface area contributed by atoms with Crippen LogP contribution in [0, 0.1) is 0 Å². The van der Waals surface area contributed by atoms with Crippen LogP contribution in [0.5, 0.6) is 0 Å². The fourth-order valence-corrected chi connectivity index (χ4v) is 1.29. The normalized spacial score (nSPS) is 10.7. The molecule has 86 valence electrons. The second-order valence-electron chi connectivity index (χ2n) is 3.78. The predicted molar refractivity (Wildman–Crippen MR) is 62.7 cm³/mol. The Morgan fingerprint density at radius 3 is 2.29 bits per heavy atom. The van der Waals surface area contributed by atoms with Crippen molar-refractivity contribution in [2.75, 3.05) is 26.3 Å². The van der Waals surface area contributed by atoms with Gasteiger partial charge in [-0.1, -0.05) is 39.5 Å². The summed E-state index contributed by atoms with van der Waals surface area (Å²) < 4.78 is 5.44. The van der Waals surface area contributed by atoms with Crippen molar-refractivity contribution < 1.29 is 4.74 Å². The third kappa shape index (κ3) is 11.9. The molecular weight excluding hydrogens is 174 g/mol. The summed E-state index contributed by atoms with van der Waals surface area (Å²) >= 11 is 0. The lowest BCUT2D eigenvalue weighted by Gasteiger charge is -2.05. The Bertz CT molecular complexity index is 84.3. The molecule has 0 saturated heterocycles. The quantitative estimate of drug-likeness (QED) is 0.519. The number of unbranched alkanes of at least 4 members (excludes halogenated alkanes) is 4. The molecule has 0 aromatic carbocycles. The van der Waals surface area contributed by atoms with Crippen LogP contribution >= 0.6 is 0 Å². The van der Waals surface area contributed by atoms with Gasteiger partial charge in [-0.3, -0.25) is 0 Å². The van der Waals surface area contributed by atoms with E-state index in [4.69, 9.17) is 4.74 Å². The molecule has 0 spiro atoms. The number of hydrogen-bond acceptors (Lipinski definition) is 2. The molecule has 0 unspecified atom stereocenters. The fraction of sp³-hybridized carbons (Fsp3) is 1.00. The highest BCUT2D eigenvalue weighted by Crippen LogP contribution is 1.96. The molecule has 0 aromatic heterocycles. The van der Waals surface area contributed by atoms with Crippen molar-refractivity contribution in [2.24, 2.45) is 0 Å². The SMILES string of the molecule is CCCCCCNCCOCCCC. The van der Waals surface area contributed by atoms with Gasteiger partial charge in [-0.05, 0) is 19.4 Å². The van der Waals surface area contributed by atoms with E-state index >= 15 is 0 Å². The van der Waals surface area contributed by atoms with Crippen LogP contribution in [0.4, 0.5) is 0 Å². The first-order valence-electron chi connectivity index (χ1n) is 6.20. The van der Waals surface area contributed by atoms with Gasteiger partial charge in [-0.2, -0.15) is 0 Å². The third-order valence-corrected chi connectivity index (χ3v) is 2.27. The van der Waals surface area contributed by atoms with Crippen molar-refractivity contribution in [1.82, 2.24) is 5.32 Å². The van der Waals surface area contributed by atoms with E-state index in [-0.39, 0.29) is 0 Å². The molecule has 0 saturated carbocycles. The zero-order valence-corrected chi connectivity index (χ0v) is 9.98. The van der Waals surface area contributed by atoms with Crippen molar-refractivity contribution >= 4 is 0 Å². The third-order valence-electron chi connectivity index (χ3n) is 2.27. The molecule has 0 fully saturated rings. The van der Waals surface area contributed by atoms with Crippen molar-refractivity contribution in [3.05, 3.63) is 0 Å². The van der Waals surface area contributed by atoms with Gasteiger partial charge in [0.05, 0.1) is 6.61 Å². The molecule has 0 aliphatic rings. The van der Waals surface area contributed by atoms with Gasteiger partial charge in [0, 0.05) is 13.2 Å². The highest BCUT2D eigenvalue weighted by atomic mass is 16.5. The molecule has 0 bridgehead atoms. The molecular formula is C12H27NO. The summed E-state index contributed by atoms with van der Waals surface area (Å²) in [5.74, 6) is 0. The number of ether oxygens (including phenoxy) is 1. The van der Waals surface area contributed by atoms with E-state index in [1.54, 1.807) is 0 Å². The van der Waals surface area contributed by atoms with Crippen LogP contribution < -0.4 is 5.32 Å². The van der Waals surface area contributed by atoms with Crippen molar-refractivity contribution in [1.29, 1.82) is 0 Å². The molecule has 0 radical (unpaired) electrons. The Labute approximate surface area is 89.4 Å². The molecule has 0 aliphatic heterocycles. The number of rotatable bonds is 11. The van der Waals surface area contributed by atoms with E-state index in [1.165, 1.54) is 38.5 Å². The van der Waals surface area contributed by atoms with Gasteiger partial charge in [-0.25, -0.2) is 0 Å². The van der Waals surface area contributed by atoms with Crippen LogP contribution in [0.3, 0.4) is 0 Å². The summed E-state index contributed by atoms with van der Waals surface area (Å²) in [4.78, 5) is 0. The fourth-order valence-electron chi connectivity index (χ4n) is 1.29. The zero-order valence-electron chi connectivity index (χ0n) is 9.98. The second kappa shape index (κ2) is 12.9. The molecule has 2 nitrogen and oxygen atoms in total. The lowest BCUT2D eigenvalue weighted by Crippen LogP contribution is -2.21. The summed E-state index contributed by atoms with van der Waals surface area (Å²) in [5.41, 5.74) is 0. The van der Waals surface area contributed by atoms with E-state index in [9.17, 15) is 0 Å². The summed E-state index contributed by atoms with van der Waals surface area (Å²) in [6.07, 6.45) is 7.78. The molecule has 14 heavy (non-hydrogen) atoms. The maximum Gasteiger partial charge on any atom is 0.0590 e. The number of hydrogen-bond donors (Lipinski definition) is 1. The highest BCUT2D eigenvalue weighted by molar-refractivity contribution is 4.47. The first kappa shape index (κ1) is 13.9. The molecule has 0 rings (SSSR count). The topological polar surface area (TPSA) is 21.3 Å². The molecule has 0 aliphatic carbocycles. The second-order valence-corrected chi connectivity index (χ2v) is 3.78. The molecule has 0 aromatic rings. The smallest absolute Gasteiger partial charge is 0.0590 e. The largest absolute Gasteiger partial charge is 0.380 e. The summed E-state index contributed by atoms with van der Waals surface area (Å²) in [5, 5.41) is 3.40. The van der Waals surface area contributed by atoms with Crippen LogP contribution in [0.25, 0.3) is 0 Å². The van der Waals surface area contributed by atoms with Gasteiger partial charge < -0.3 is 10.1 Å². The molecule has 1 N–H and O–H groups in total. The summed E-state index contributed by atoms with van der Waals surface area (Å²) in [7, 11) is 0. The van der Waals surface area contributed by atoms with E-state index in [0.717, 1.165) is 26.3 Å². The zero-order chi connectivity index (χ0) is 10.5. The van der Waals surface area contributed by atoms with Gasteiger partial charge in [-0.15, -0.1) is 0 Å². The minimum absolute atomic E-state index is 0.869. The van der Waals surface area contributed by atoms with Gasteiger partial charge >= 0.3 is 0 Å². The Kier molecular flexibility index (Phi) is 12.8. The Morgan fingerprint density at radius 2 is 1.57 bits per heavy atom. The molecule has 0 amide bonds. The van der Waals surface area contributed by atoms with Gasteiger partial charge in [0.1, 0.15) is 0 Å². The Morgan fingerprint density at radius 1 is 0.786 bits per heavy atom. The predicted octanol–water partition coefficient (Wildman–Crippen LogP) is 2.97. The van der Waals surface area contributed by atoms with Crippen LogP contribution in [0.1, 0.15) is 52.4 Å². The van der Waals surface area contributed by atoms with Crippen molar-refractivity contribution in [2.45, 2.75) is 52.4 Å². The van der Waals surface area contributed by atoms with E-state index in [1.807, 2.05) is 0 Å². The minimum atomic E-state index is 0.869. The van der Waals surface area contributed by atoms with E-state index in [0.29, 0.717) is 0 Å². The summed E-state index contributed by atoms with van der Waals surface area (Å²) in [6, 6.07) is 0. The lowest BCUT2D eigenvalue weighted by atomic mass is 10.2. The molecule has 0 heterocycles. The minimum Gasteiger partial charge on any atom is -0.380 e. The first-order valence-corrected chi connectivity index (χ1v) is 6.20. The van der Waals surface area contributed by atoms with Crippen LogP contribution in [0.2, 0.25) is 0 Å². The average Bonchev–Trinajstić information content (AvgIpc) is 2.21. The molecule has 0 atom stereocenters. The monoisotopic (exact) mass is 201 g/mol. The molecule has 2 heteroatoms. The maximum atomic E-state index is 5.44. The van der Waals surface area contributed by atoms with Crippen LogP contribution in [0.15, 0.2) is 0 Å². The number of nitrogens with one attached hydrogen (secondary N) is 1. The van der Waals surface area contributed by atoms with Gasteiger partial charge in [0.15, 0.2) is 0 Å². The van der Waals surface area contributed by atoms with Gasteiger partial charge in [0.25, 0.3) is 0 Å².